The molecule has 3 N–H and O–H groups in total. The summed E-state index contributed by atoms with van der Waals surface area (Å²) in [6.07, 6.45) is 0.969. The lowest BCUT2D eigenvalue weighted by Crippen LogP contribution is -2.39. The van der Waals surface area contributed by atoms with Crippen molar-refractivity contribution in [1.29, 1.82) is 0 Å². The third kappa shape index (κ3) is 3.05. The molecule has 0 bridgehead atoms. The highest BCUT2D eigenvalue weighted by atomic mass is 35.5. The van der Waals surface area contributed by atoms with E-state index in [9.17, 15) is 9.59 Å². The van der Waals surface area contributed by atoms with E-state index in [2.05, 4.69) is 10.6 Å². The van der Waals surface area contributed by atoms with Gasteiger partial charge in [0.05, 0.1) is 16.6 Å². The molecule has 2 atom stereocenters. The van der Waals surface area contributed by atoms with Gasteiger partial charge in [0.1, 0.15) is 0 Å². The van der Waals surface area contributed by atoms with E-state index in [-0.39, 0.29) is 28.5 Å². The lowest BCUT2D eigenvalue weighted by Gasteiger charge is -2.15. The highest BCUT2D eigenvalue weighted by Crippen LogP contribution is 2.22. The average molecular weight is 283 g/mol. The number of nitrogens with one attached hydrogen (secondary N) is 2. The number of carbonyl (C=O) groups excluding carboxylic acids is 1. The minimum Gasteiger partial charge on any atom is -0.478 e. The molecule has 0 spiro atoms. The minimum atomic E-state index is -1.09. The summed E-state index contributed by atoms with van der Waals surface area (Å²) in [6, 6.07) is 4.15. The Balaban J connectivity index is 2.09. The summed E-state index contributed by atoms with van der Waals surface area (Å²) in [4.78, 5) is 22.8. The summed E-state index contributed by atoms with van der Waals surface area (Å²) >= 11 is 5.85. The summed E-state index contributed by atoms with van der Waals surface area (Å²) < 4.78 is 0. The third-order valence-corrected chi connectivity index (χ3v) is 3.60. The Morgan fingerprint density at radius 1 is 1.47 bits per heavy atom. The van der Waals surface area contributed by atoms with Crippen LogP contribution in [0, 0.1) is 5.92 Å². The molecule has 0 saturated carbocycles. The Kier molecular flexibility index (Phi) is 4.07. The number of anilines is 1. The zero-order valence-corrected chi connectivity index (χ0v) is 11.2. The third-order valence-electron chi connectivity index (χ3n) is 3.28. The van der Waals surface area contributed by atoms with E-state index in [1.807, 2.05) is 6.92 Å². The topological polar surface area (TPSA) is 78.4 Å². The average Bonchev–Trinajstić information content (AvgIpc) is 2.75. The van der Waals surface area contributed by atoms with Crippen LogP contribution in [0.1, 0.15) is 23.7 Å². The summed E-state index contributed by atoms with van der Waals surface area (Å²) in [5.74, 6) is -0.924. The number of carboxylic acid groups (broad SMARTS) is 1. The Hall–Kier alpha value is -1.59. The van der Waals surface area contributed by atoms with Crippen molar-refractivity contribution in [3.05, 3.63) is 28.8 Å². The first-order chi connectivity index (χ1) is 8.99. The molecule has 0 aliphatic carbocycles. The van der Waals surface area contributed by atoms with E-state index in [0.717, 1.165) is 13.0 Å². The fourth-order valence-corrected chi connectivity index (χ4v) is 2.43. The van der Waals surface area contributed by atoms with Crippen LogP contribution in [0.5, 0.6) is 0 Å². The van der Waals surface area contributed by atoms with Crippen molar-refractivity contribution in [2.75, 3.05) is 11.9 Å². The molecule has 1 fully saturated rings. The number of amides is 1. The Morgan fingerprint density at radius 2 is 2.21 bits per heavy atom. The van der Waals surface area contributed by atoms with E-state index in [4.69, 9.17) is 16.7 Å². The van der Waals surface area contributed by atoms with E-state index >= 15 is 0 Å². The van der Waals surface area contributed by atoms with Crippen molar-refractivity contribution in [2.45, 2.75) is 19.4 Å². The monoisotopic (exact) mass is 282 g/mol. The molecule has 1 saturated heterocycles. The molecule has 2 rings (SSSR count). The van der Waals surface area contributed by atoms with Crippen LogP contribution >= 0.6 is 11.6 Å². The highest BCUT2D eigenvalue weighted by molar-refractivity contribution is 6.33. The minimum absolute atomic E-state index is 0.0204. The Bertz CT molecular complexity index is 519. The number of hydrogen-bond donors (Lipinski definition) is 3. The van der Waals surface area contributed by atoms with Crippen LogP contribution in [0.2, 0.25) is 5.02 Å². The van der Waals surface area contributed by atoms with Crippen molar-refractivity contribution in [3.63, 3.8) is 0 Å². The summed E-state index contributed by atoms with van der Waals surface area (Å²) in [5.41, 5.74) is 0.521. The van der Waals surface area contributed by atoms with Gasteiger partial charge in [0.25, 0.3) is 0 Å². The summed E-state index contributed by atoms with van der Waals surface area (Å²) in [6.45, 7) is 2.85. The SMILES string of the molecule is CC1CCNC1C(=O)Nc1ccc(C(=O)O)c(Cl)c1. The molecule has 1 amide bonds. The molecule has 1 aromatic rings. The van der Waals surface area contributed by atoms with Crippen LogP contribution in [0.25, 0.3) is 0 Å². The van der Waals surface area contributed by atoms with Crippen LogP contribution in [0.15, 0.2) is 18.2 Å². The second-order valence-corrected chi connectivity index (χ2v) is 5.09. The van der Waals surface area contributed by atoms with Crippen LogP contribution in [0.4, 0.5) is 5.69 Å². The highest BCUT2D eigenvalue weighted by Gasteiger charge is 2.29. The van der Waals surface area contributed by atoms with Crippen molar-refractivity contribution in [2.24, 2.45) is 5.92 Å². The largest absolute Gasteiger partial charge is 0.478 e. The van der Waals surface area contributed by atoms with Gasteiger partial charge in [-0.2, -0.15) is 0 Å². The fourth-order valence-electron chi connectivity index (χ4n) is 2.17. The standard InChI is InChI=1S/C13H15ClN2O3/c1-7-4-5-15-11(7)12(17)16-8-2-3-9(13(18)19)10(14)6-8/h2-3,6-7,11,15H,4-5H2,1H3,(H,16,17)(H,18,19). The van der Waals surface area contributed by atoms with Gasteiger partial charge in [-0.05, 0) is 37.1 Å². The number of hydrogen-bond acceptors (Lipinski definition) is 3. The summed E-state index contributed by atoms with van der Waals surface area (Å²) in [7, 11) is 0. The molecule has 1 heterocycles. The predicted octanol–water partition coefficient (Wildman–Crippen LogP) is 1.97. The van der Waals surface area contributed by atoms with Gasteiger partial charge < -0.3 is 15.7 Å². The van der Waals surface area contributed by atoms with Crippen molar-refractivity contribution >= 4 is 29.2 Å². The van der Waals surface area contributed by atoms with Crippen LogP contribution in [-0.2, 0) is 4.79 Å². The molecule has 0 aromatic heterocycles. The number of carbonyl (C=O) groups is 2. The smallest absolute Gasteiger partial charge is 0.337 e. The molecule has 1 aromatic carbocycles. The number of aromatic carboxylic acids is 1. The molecule has 19 heavy (non-hydrogen) atoms. The van der Waals surface area contributed by atoms with Gasteiger partial charge in [-0.1, -0.05) is 18.5 Å². The van der Waals surface area contributed by atoms with Crippen molar-refractivity contribution in [1.82, 2.24) is 5.32 Å². The van der Waals surface area contributed by atoms with Gasteiger partial charge in [-0.3, -0.25) is 4.79 Å². The predicted molar refractivity (Wildman–Crippen MR) is 72.6 cm³/mol. The van der Waals surface area contributed by atoms with Gasteiger partial charge >= 0.3 is 5.97 Å². The molecule has 2 unspecified atom stereocenters. The van der Waals surface area contributed by atoms with Gasteiger partial charge in [0.15, 0.2) is 0 Å². The number of carboxylic acids is 1. The maximum atomic E-state index is 12.0. The molecule has 6 heteroatoms. The first-order valence-electron chi connectivity index (χ1n) is 6.06. The van der Waals surface area contributed by atoms with Crippen LogP contribution < -0.4 is 10.6 Å². The lowest BCUT2D eigenvalue weighted by atomic mass is 10.0. The van der Waals surface area contributed by atoms with Gasteiger partial charge in [0.2, 0.25) is 5.91 Å². The van der Waals surface area contributed by atoms with Gasteiger partial charge in [0, 0.05) is 5.69 Å². The number of halogens is 1. The van der Waals surface area contributed by atoms with Gasteiger partial charge in [-0.25, -0.2) is 4.79 Å². The van der Waals surface area contributed by atoms with E-state index in [1.165, 1.54) is 18.2 Å². The van der Waals surface area contributed by atoms with E-state index < -0.39 is 5.97 Å². The molecular weight excluding hydrogens is 268 g/mol. The first-order valence-corrected chi connectivity index (χ1v) is 6.44. The Morgan fingerprint density at radius 3 is 2.74 bits per heavy atom. The number of rotatable bonds is 3. The fraction of sp³-hybridized carbons (Fsp3) is 0.385. The Labute approximate surface area is 116 Å². The van der Waals surface area contributed by atoms with E-state index in [0.29, 0.717) is 5.69 Å². The number of benzene rings is 1. The maximum Gasteiger partial charge on any atom is 0.337 e. The quantitative estimate of drug-likeness (QED) is 0.792. The van der Waals surface area contributed by atoms with Gasteiger partial charge in [-0.15, -0.1) is 0 Å². The molecule has 1 aliphatic rings. The first kappa shape index (κ1) is 13.8. The maximum absolute atomic E-state index is 12.0. The molecule has 0 radical (unpaired) electrons. The second kappa shape index (κ2) is 5.59. The van der Waals surface area contributed by atoms with E-state index in [1.54, 1.807) is 0 Å². The summed E-state index contributed by atoms with van der Waals surface area (Å²) in [5, 5.41) is 14.8. The molecule has 102 valence electrons. The zero-order valence-electron chi connectivity index (χ0n) is 10.4. The molecular formula is C13H15ClN2O3. The van der Waals surface area contributed by atoms with Crippen LogP contribution in [0.3, 0.4) is 0 Å². The lowest BCUT2D eigenvalue weighted by molar-refractivity contribution is -0.118. The van der Waals surface area contributed by atoms with Crippen molar-refractivity contribution in [3.8, 4) is 0 Å². The van der Waals surface area contributed by atoms with Crippen molar-refractivity contribution < 1.29 is 14.7 Å². The second-order valence-electron chi connectivity index (χ2n) is 4.69. The van der Waals surface area contributed by atoms with Crippen LogP contribution in [-0.4, -0.2) is 29.6 Å². The molecule has 1 aliphatic heterocycles. The normalized spacial score (nSPS) is 22.2. The molecule has 5 nitrogen and oxygen atoms in total. The zero-order chi connectivity index (χ0) is 14.0.